The summed E-state index contributed by atoms with van der Waals surface area (Å²) in [6.45, 7) is 4.12. The van der Waals surface area contributed by atoms with E-state index in [1.54, 1.807) is 24.3 Å². The van der Waals surface area contributed by atoms with Gasteiger partial charge < -0.3 is 0 Å². The Morgan fingerprint density at radius 1 is 1.08 bits per heavy atom. The molecule has 3 aliphatic rings. The van der Waals surface area contributed by atoms with Crippen LogP contribution in [-0.4, -0.2) is 22.7 Å². The molecule has 2 saturated carbocycles. The molecule has 26 heavy (non-hydrogen) atoms. The van der Waals surface area contributed by atoms with Crippen LogP contribution < -0.4 is 5.43 Å². The highest BCUT2D eigenvalue weighted by Gasteiger charge is 2.63. The Bertz CT molecular complexity index is 794. The fraction of sp³-hybridized carbons (Fsp3) is 0.450. The molecule has 0 unspecified atom stereocenters. The van der Waals surface area contributed by atoms with Crippen LogP contribution in [0.2, 0.25) is 5.02 Å². The maximum absolute atomic E-state index is 12.8. The van der Waals surface area contributed by atoms with Gasteiger partial charge in [0.1, 0.15) is 0 Å². The fourth-order valence-corrected chi connectivity index (χ4v) is 5.18. The van der Waals surface area contributed by atoms with Gasteiger partial charge in [-0.2, -0.15) is 5.01 Å². The first-order chi connectivity index (χ1) is 12.4. The summed E-state index contributed by atoms with van der Waals surface area (Å²) in [4.78, 5) is 38.0. The predicted octanol–water partition coefficient (Wildman–Crippen LogP) is 2.89. The second-order valence-corrected chi connectivity index (χ2v) is 8.08. The lowest BCUT2D eigenvalue weighted by atomic mass is 9.81. The molecule has 136 valence electrons. The van der Waals surface area contributed by atoms with Crippen molar-refractivity contribution in [2.75, 3.05) is 0 Å². The molecule has 5 nitrogen and oxygen atoms in total. The molecule has 1 saturated heterocycles. The highest BCUT2D eigenvalue weighted by atomic mass is 35.5. The van der Waals surface area contributed by atoms with Gasteiger partial charge in [0, 0.05) is 5.02 Å². The number of amides is 3. The van der Waals surface area contributed by atoms with Crippen molar-refractivity contribution in [2.24, 2.45) is 23.7 Å². The molecule has 6 heteroatoms. The number of nitrogens with zero attached hydrogens (tertiary/aromatic N) is 1. The molecule has 1 aliphatic heterocycles. The van der Waals surface area contributed by atoms with Gasteiger partial charge >= 0.3 is 0 Å². The van der Waals surface area contributed by atoms with Crippen LogP contribution in [0.1, 0.15) is 32.3 Å². The molecule has 0 radical (unpaired) electrons. The third kappa shape index (κ3) is 2.57. The maximum Gasteiger partial charge on any atom is 0.252 e. The van der Waals surface area contributed by atoms with Gasteiger partial charge in [-0.05, 0) is 56.2 Å². The first-order valence-corrected chi connectivity index (χ1v) is 9.35. The van der Waals surface area contributed by atoms with Gasteiger partial charge in [-0.1, -0.05) is 34.9 Å². The van der Waals surface area contributed by atoms with E-state index < -0.39 is 0 Å². The molecule has 4 rings (SSSR count). The van der Waals surface area contributed by atoms with E-state index in [4.69, 9.17) is 11.6 Å². The van der Waals surface area contributed by atoms with Crippen molar-refractivity contribution in [2.45, 2.75) is 33.1 Å². The summed E-state index contributed by atoms with van der Waals surface area (Å²) < 4.78 is 0. The van der Waals surface area contributed by atoms with Gasteiger partial charge in [-0.15, -0.1) is 0 Å². The van der Waals surface area contributed by atoms with E-state index >= 15 is 0 Å². The predicted molar refractivity (Wildman–Crippen MR) is 96.7 cm³/mol. The molecule has 2 bridgehead atoms. The van der Waals surface area contributed by atoms with Crippen LogP contribution in [-0.2, 0) is 20.8 Å². The minimum Gasteiger partial charge on any atom is -0.273 e. The second-order valence-electron chi connectivity index (χ2n) is 7.65. The van der Waals surface area contributed by atoms with Gasteiger partial charge in [-0.3, -0.25) is 19.8 Å². The molecule has 0 spiro atoms. The normalized spacial score (nSPS) is 29.3. The van der Waals surface area contributed by atoms with Crippen LogP contribution in [0.15, 0.2) is 35.4 Å². The summed E-state index contributed by atoms with van der Waals surface area (Å²) in [5.41, 5.74) is 5.83. The monoisotopic (exact) mass is 372 g/mol. The number of hydrazine groups is 1. The number of hydrogen-bond donors (Lipinski definition) is 1. The summed E-state index contributed by atoms with van der Waals surface area (Å²) in [5, 5.41) is 1.57. The topological polar surface area (TPSA) is 66.5 Å². The van der Waals surface area contributed by atoms with Crippen molar-refractivity contribution in [3.05, 3.63) is 46.0 Å². The molecule has 4 atom stereocenters. The number of carbonyl (C=O) groups excluding carboxylic acids is 3. The third-order valence-corrected chi connectivity index (χ3v) is 6.20. The van der Waals surface area contributed by atoms with Crippen LogP contribution in [0.3, 0.4) is 0 Å². The number of hydrogen-bond acceptors (Lipinski definition) is 3. The molecule has 1 aromatic carbocycles. The molecule has 0 aromatic heterocycles. The van der Waals surface area contributed by atoms with Gasteiger partial charge in [0.2, 0.25) is 5.91 Å². The smallest absolute Gasteiger partial charge is 0.252 e. The van der Waals surface area contributed by atoms with Gasteiger partial charge in [-0.25, -0.2) is 0 Å². The van der Waals surface area contributed by atoms with Crippen LogP contribution in [0, 0.1) is 23.7 Å². The van der Waals surface area contributed by atoms with E-state index in [0.717, 1.165) is 23.4 Å². The number of nitrogens with one attached hydrogen (secondary N) is 1. The first-order valence-electron chi connectivity index (χ1n) is 8.97. The lowest BCUT2D eigenvalue weighted by Crippen LogP contribution is -2.48. The summed E-state index contributed by atoms with van der Waals surface area (Å²) in [6, 6.07) is 6.93. The molecular weight excluding hydrogens is 352 g/mol. The fourth-order valence-electron chi connectivity index (χ4n) is 5.05. The maximum atomic E-state index is 12.8. The van der Waals surface area contributed by atoms with E-state index in [0.29, 0.717) is 5.02 Å². The van der Waals surface area contributed by atoms with E-state index in [1.165, 1.54) is 11.1 Å². The highest BCUT2D eigenvalue weighted by Crippen LogP contribution is 2.59. The van der Waals surface area contributed by atoms with Crippen molar-refractivity contribution >= 4 is 29.3 Å². The van der Waals surface area contributed by atoms with Crippen molar-refractivity contribution < 1.29 is 14.4 Å². The van der Waals surface area contributed by atoms with Crippen LogP contribution in [0.5, 0.6) is 0 Å². The summed E-state index contributed by atoms with van der Waals surface area (Å²) in [7, 11) is 0. The summed E-state index contributed by atoms with van der Waals surface area (Å²) in [5.74, 6) is -1.17. The Morgan fingerprint density at radius 2 is 1.62 bits per heavy atom. The minimum atomic E-state index is -0.371. The number of imide groups is 1. The zero-order chi connectivity index (χ0) is 18.6. The van der Waals surface area contributed by atoms with Gasteiger partial charge in [0.05, 0.1) is 18.3 Å². The molecule has 1 heterocycles. The average molecular weight is 373 g/mol. The average Bonchev–Trinajstić information content (AvgIpc) is 3.23. The third-order valence-electron chi connectivity index (χ3n) is 5.94. The summed E-state index contributed by atoms with van der Waals surface area (Å²) in [6.07, 6.45) is 2.01. The number of halogens is 1. The van der Waals surface area contributed by atoms with Crippen molar-refractivity contribution in [1.29, 1.82) is 0 Å². The van der Waals surface area contributed by atoms with Crippen molar-refractivity contribution in [3.8, 4) is 0 Å². The lowest BCUT2D eigenvalue weighted by Gasteiger charge is -2.19. The van der Waals surface area contributed by atoms with Crippen LogP contribution in [0.25, 0.3) is 0 Å². The Labute approximate surface area is 157 Å². The summed E-state index contributed by atoms with van der Waals surface area (Å²) >= 11 is 5.84. The Balaban J connectivity index is 1.49. The number of fused-ring (bicyclic) bond motifs is 5. The zero-order valence-electron chi connectivity index (χ0n) is 14.8. The minimum absolute atomic E-state index is 0.0929. The number of carbonyl (C=O) groups is 3. The quantitative estimate of drug-likeness (QED) is 0.655. The highest BCUT2D eigenvalue weighted by molar-refractivity contribution is 6.30. The van der Waals surface area contributed by atoms with Gasteiger partial charge in [0.25, 0.3) is 11.8 Å². The Morgan fingerprint density at radius 3 is 2.12 bits per heavy atom. The van der Waals surface area contributed by atoms with E-state index in [9.17, 15) is 14.4 Å². The number of rotatable bonds is 3. The largest absolute Gasteiger partial charge is 0.273 e. The Hall–Kier alpha value is -2.14. The SMILES string of the molecule is CC(C)=C1[C@@H]2CC[C@@H]1[C@H]1C(=O)N(NC(=O)Cc3ccc(Cl)cc3)C(=O)[C@@H]12. The standard InChI is InChI=1S/C20H21ClN2O3/c1-10(2)16-13-7-8-14(16)18-17(13)19(25)23(20(18)26)22-15(24)9-11-3-5-12(21)6-4-11/h3-6,13-14,17-18H,7-9H2,1-2H3,(H,22,24)/t13-,14-,17+,18+/m0/s1. The van der Waals surface area contributed by atoms with E-state index in [1.807, 2.05) is 0 Å². The second kappa shape index (κ2) is 6.23. The molecular formula is C20H21ClN2O3. The number of allylic oxidation sites excluding steroid dienone is 2. The molecule has 1 N–H and O–H groups in total. The molecule has 3 fully saturated rings. The number of benzene rings is 1. The van der Waals surface area contributed by atoms with Crippen LogP contribution in [0.4, 0.5) is 0 Å². The first kappa shape index (κ1) is 17.3. The lowest BCUT2D eigenvalue weighted by molar-refractivity contribution is -0.149. The van der Waals surface area contributed by atoms with Crippen molar-refractivity contribution in [1.82, 2.24) is 10.4 Å². The zero-order valence-corrected chi connectivity index (χ0v) is 15.5. The molecule has 2 aliphatic carbocycles. The van der Waals surface area contributed by atoms with E-state index in [-0.39, 0.29) is 47.8 Å². The Kier molecular flexibility index (Phi) is 4.14. The van der Waals surface area contributed by atoms with Gasteiger partial charge in [0.15, 0.2) is 0 Å². The molecule has 3 amide bonds. The van der Waals surface area contributed by atoms with Crippen molar-refractivity contribution in [3.63, 3.8) is 0 Å². The van der Waals surface area contributed by atoms with E-state index in [2.05, 4.69) is 19.3 Å². The van der Waals surface area contributed by atoms with Crippen LogP contribution >= 0.6 is 11.6 Å². The molecule has 1 aromatic rings.